The Bertz CT molecular complexity index is 437. The van der Waals surface area contributed by atoms with E-state index >= 15 is 0 Å². The molecule has 0 amide bonds. The Labute approximate surface area is 103 Å². The molecule has 1 aromatic rings. The Hall–Kier alpha value is -0.680. The highest BCUT2D eigenvalue weighted by Gasteiger charge is 2.28. The Morgan fingerprint density at radius 2 is 2.19 bits per heavy atom. The monoisotopic (exact) mass is 285 g/mol. The van der Waals surface area contributed by atoms with Gasteiger partial charge >= 0.3 is 0 Å². The van der Waals surface area contributed by atoms with Crippen LogP contribution in [0.2, 0.25) is 0 Å². The van der Waals surface area contributed by atoms with Crippen LogP contribution in [-0.4, -0.2) is 35.5 Å². The largest absolute Gasteiger partial charge is 0.310 e. The van der Waals surface area contributed by atoms with Crippen molar-refractivity contribution in [3.8, 4) is 0 Å². The second-order valence-electron chi connectivity index (χ2n) is 4.54. The van der Waals surface area contributed by atoms with Gasteiger partial charge in [0.05, 0.1) is 5.69 Å². The minimum absolute atomic E-state index is 0.0503. The van der Waals surface area contributed by atoms with Gasteiger partial charge in [-0.25, -0.2) is 4.98 Å². The van der Waals surface area contributed by atoms with Gasteiger partial charge in [0.15, 0.2) is 0 Å². The summed E-state index contributed by atoms with van der Waals surface area (Å²) in [6, 6.07) is 0. The van der Waals surface area contributed by atoms with Crippen LogP contribution in [0.25, 0.3) is 0 Å². The number of hydrogen-bond donors (Lipinski definition) is 1. The van der Waals surface area contributed by atoms with Gasteiger partial charge in [-0.1, -0.05) is 0 Å². The molecule has 88 valence electrons. The second-order valence-corrected chi connectivity index (χ2v) is 5.33. The molecular weight excluding hydrogens is 270 g/mol. The van der Waals surface area contributed by atoms with Crippen LogP contribution in [-0.2, 0) is 6.42 Å². The maximum atomic E-state index is 11.7. The normalized spacial score (nSPS) is 15.8. The first-order chi connectivity index (χ1) is 7.58. The lowest BCUT2D eigenvalue weighted by molar-refractivity contribution is 0.409. The zero-order valence-electron chi connectivity index (χ0n) is 9.59. The number of halogens is 1. The summed E-state index contributed by atoms with van der Waals surface area (Å²) in [4.78, 5) is 21.1. The zero-order valence-corrected chi connectivity index (χ0v) is 11.2. The van der Waals surface area contributed by atoms with Gasteiger partial charge in [0.2, 0.25) is 0 Å². The SMILES string of the molecule is CN(C)CCc1nc(C2CC2)c(Br)c(=O)[nH]1. The molecule has 16 heavy (non-hydrogen) atoms. The van der Waals surface area contributed by atoms with Gasteiger partial charge in [0.1, 0.15) is 10.3 Å². The van der Waals surface area contributed by atoms with E-state index in [1.165, 1.54) is 0 Å². The van der Waals surface area contributed by atoms with Crippen molar-refractivity contribution in [3.63, 3.8) is 0 Å². The molecule has 1 saturated carbocycles. The molecule has 0 unspecified atom stereocenters. The molecule has 2 rings (SSSR count). The molecule has 1 aromatic heterocycles. The third-order valence-corrected chi connectivity index (χ3v) is 3.46. The van der Waals surface area contributed by atoms with Crippen molar-refractivity contribution < 1.29 is 0 Å². The molecule has 0 bridgehead atoms. The lowest BCUT2D eigenvalue weighted by atomic mass is 10.2. The standard InChI is InChI=1S/C11H16BrN3O/c1-15(2)6-5-8-13-10(7-3-4-7)9(12)11(16)14-8/h7H,3-6H2,1-2H3,(H,13,14,16). The third-order valence-electron chi connectivity index (χ3n) is 2.70. The molecule has 0 aliphatic heterocycles. The van der Waals surface area contributed by atoms with E-state index < -0.39 is 0 Å². The molecular formula is C11H16BrN3O. The Morgan fingerprint density at radius 1 is 1.50 bits per heavy atom. The van der Waals surface area contributed by atoms with Gasteiger partial charge in [-0.05, 0) is 42.9 Å². The third kappa shape index (κ3) is 2.71. The van der Waals surface area contributed by atoms with E-state index in [0.29, 0.717) is 10.4 Å². The van der Waals surface area contributed by atoms with E-state index in [1.54, 1.807) is 0 Å². The first-order valence-corrected chi connectivity index (χ1v) is 6.30. The molecule has 4 nitrogen and oxygen atoms in total. The summed E-state index contributed by atoms with van der Waals surface area (Å²) in [5, 5.41) is 0. The summed E-state index contributed by atoms with van der Waals surface area (Å²) in [5.74, 6) is 1.29. The van der Waals surface area contributed by atoms with Crippen molar-refractivity contribution in [2.75, 3.05) is 20.6 Å². The highest BCUT2D eigenvalue weighted by Crippen LogP contribution is 2.41. The highest BCUT2D eigenvalue weighted by atomic mass is 79.9. The summed E-state index contributed by atoms with van der Waals surface area (Å²) in [7, 11) is 4.03. The van der Waals surface area contributed by atoms with E-state index in [0.717, 1.165) is 37.3 Å². The number of nitrogens with zero attached hydrogens (tertiary/aromatic N) is 2. The topological polar surface area (TPSA) is 49.0 Å². The van der Waals surface area contributed by atoms with Crippen LogP contribution in [0.4, 0.5) is 0 Å². The number of nitrogens with one attached hydrogen (secondary N) is 1. The second kappa shape index (κ2) is 4.67. The first-order valence-electron chi connectivity index (χ1n) is 5.51. The van der Waals surface area contributed by atoms with Gasteiger partial charge in [0, 0.05) is 18.9 Å². The maximum absolute atomic E-state index is 11.7. The number of likely N-dealkylation sites (N-methyl/N-ethyl adjacent to an activating group) is 1. The first kappa shape index (κ1) is 11.8. The van der Waals surface area contributed by atoms with Crippen LogP contribution in [0.15, 0.2) is 9.27 Å². The van der Waals surface area contributed by atoms with E-state index in [-0.39, 0.29) is 5.56 Å². The van der Waals surface area contributed by atoms with Crippen molar-refractivity contribution in [2.24, 2.45) is 0 Å². The average Bonchev–Trinajstić information content (AvgIpc) is 3.03. The number of H-pyrrole nitrogens is 1. The van der Waals surface area contributed by atoms with Crippen LogP contribution in [0.5, 0.6) is 0 Å². The van der Waals surface area contributed by atoms with Crippen LogP contribution in [0.3, 0.4) is 0 Å². The zero-order chi connectivity index (χ0) is 11.7. The summed E-state index contributed by atoms with van der Waals surface area (Å²) < 4.78 is 0.614. The van der Waals surface area contributed by atoms with Gasteiger partial charge in [0.25, 0.3) is 5.56 Å². The summed E-state index contributed by atoms with van der Waals surface area (Å²) in [6.45, 7) is 0.897. The molecule has 0 atom stereocenters. The fourth-order valence-electron chi connectivity index (χ4n) is 1.60. The summed E-state index contributed by atoms with van der Waals surface area (Å²) in [6.07, 6.45) is 3.10. The highest BCUT2D eigenvalue weighted by molar-refractivity contribution is 9.10. The molecule has 0 aromatic carbocycles. The van der Waals surface area contributed by atoms with E-state index in [2.05, 4.69) is 30.8 Å². The Balaban J connectivity index is 2.22. The predicted octanol–water partition coefficient (Wildman–Crippen LogP) is 1.51. The van der Waals surface area contributed by atoms with Gasteiger partial charge < -0.3 is 9.88 Å². The predicted molar refractivity (Wildman–Crippen MR) is 66.8 cm³/mol. The van der Waals surface area contributed by atoms with Crippen molar-refractivity contribution in [1.82, 2.24) is 14.9 Å². The molecule has 0 saturated heterocycles. The van der Waals surface area contributed by atoms with Gasteiger partial charge in [-0.2, -0.15) is 0 Å². The molecule has 0 spiro atoms. The smallest absolute Gasteiger partial charge is 0.265 e. The van der Waals surface area contributed by atoms with E-state index in [4.69, 9.17) is 0 Å². The Kier molecular flexibility index (Phi) is 3.44. The van der Waals surface area contributed by atoms with Crippen LogP contribution >= 0.6 is 15.9 Å². The lowest BCUT2D eigenvalue weighted by Crippen LogP contribution is -2.20. The number of rotatable bonds is 4. The van der Waals surface area contributed by atoms with Crippen molar-refractivity contribution >= 4 is 15.9 Å². The number of aromatic amines is 1. The average molecular weight is 286 g/mol. The number of aromatic nitrogens is 2. The number of hydrogen-bond acceptors (Lipinski definition) is 3. The summed E-state index contributed by atoms with van der Waals surface area (Å²) in [5.41, 5.74) is 0.892. The van der Waals surface area contributed by atoms with Gasteiger partial charge in [-0.3, -0.25) is 4.79 Å². The lowest BCUT2D eigenvalue weighted by Gasteiger charge is -2.09. The minimum Gasteiger partial charge on any atom is -0.310 e. The van der Waals surface area contributed by atoms with Crippen molar-refractivity contribution in [2.45, 2.75) is 25.2 Å². The van der Waals surface area contributed by atoms with Crippen molar-refractivity contribution in [3.05, 3.63) is 26.3 Å². The Morgan fingerprint density at radius 3 is 2.75 bits per heavy atom. The summed E-state index contributed by atoms with van der Waals surface area (Å²) >= 11 is 3.32. The fraction of sp³-hybridized carbons (Fsp3) is 0.636. The maximum Gasteiger partial charge on any atom is 0.265 e. The molecule has 1 heterocycles. The van der Waals surface area contributed by atoms with Gasteiger partial charge in [-0.15, -0.1) is 0 Å². The van der Waals surface area contributed by atoms with E-state index in [9.17, 15) is 4.79 Å². The van der Waals surface area contributed by atoms with Crippen LogP contribution in [0.1, 0.15) is 30.3 Å². The molecule has 1 fully saturated rings. The fourth-order valence-corrected chi connectivity index (χ4v) is 2.11. The molecule has 1 N–H and O–H groups in total. The van der Waals surface area contributed by atoms with Crippen LogP contribution in [0, 0.1) is 0 Å². The molecule has 1 aliphatic rings. The van der Waals surface area contributed by atoms with E-state index in [1.807, 2.05) is 14.1 Å². The van der Waals surface area contributed by atoms with Crippen molar-refractivity contribution in [1.29, 1.82) is 0 Å². The quantitative estimate of drug-likeness (QED) is 0.913. The van der Waals surface area contributed by atoms with Crippen LogP contribution < -0.4 is 5.56 Å². The minimum atomic E-state index is -0.0503. The molecule has 1 aliphatic carbocycles. The molecule has 0 radical (unpaired) electrons. The molecule has 5 heteroatoms.